The number of alkyl carbamates (subject to hydrolysis) is 2. The standard InChI is InChI=1S/C12H19F6N2O7P/c1-3-5-19-9(21)24-7(11(13,14)15)26-28(23)27-8(12(16,17)18)25-10(22)20-6-4-2/h7-8,28H,3-6H2,1-2H3,(H,19,21)(H,20,22)/t7-,8-/m1/s1. The molecule has 9 nitrogen and oxygen atoms in total. The zero-order valence-corrected chi connectivity index (χ0v) is 15.6. The van der Waals surface area contributed by atoms with Crippen LogP contribution in [0.25, 0.3) is 0 Å². The van der Waals surface area contributed by atoms with Crippen LogP contribution in [0.1, 0.15) is 26.7 Å². The molecule has 166 valence electrons. The molecule has 0 rings (SSSR count). The number of hydrogen-bond donors (Lipinski definition) is 2. The van der Waals surface area contributed by atoms with Crippen molar-refractivity contribution in [2.75, 3.05) is 13.1 Å². The number of rotatable bonds is 10. The monoisotopic (exact) mass is 448 g/mol. The topological polar surface area (TPSA) is 112 Å². The van der Waals surface area contributed by atoms with E-state index in [0.29, 0.717) is 12.8 Å². The van der Waals surface area contributed by atoms with Gasteiger partial charge in [-0.1, -0.05) is 13.8 Å². The highest BCUT2D eigenvalue weighted by atomic mass is 31.1. The van der Waals surface area contributed by atoms with Gasteiger partial charge in [0.2, 0.25) is 0 Å². The van der Waals surface area contributed by atoms with E-state index in [1.54, 1.807) is 13.8 Å². The van der Waals surface area contributed by atoms with Crippen LogP contribution >= 0.6 is 8.25 Å². The molecule has 0 radical (unpaired) electrons. The van der Waals surface area contributed by atoms with Gasteiger partial charge >= 0.3 is 45.4 Å². The van der Waals surface area contributed by atoms with Gasteiger partial charge in [-0.2, -0.15) is 26.3 Å². The normalized spacial score (nSPS) is 14.3. The molecule has 0 aliphatic rings. The molecule has 0 fully saturated rings. The first kappa shape index (κ1) is 26.3. The highest BCUT2D eigenvalue weighted by Crippen LogP contribution is 2.38. The lowest BCUT2D eigenvalue weighted by Gasteiger charge is -2.23. The first-order valence-corrected chi connectivity index (χ1v) is 8.93. The third-order valence-corrected chi connectivity index (χ3v) is 3.22. The summed E-state index contributed by atoms with van der Waals surface area (Å²) in [5.74, 6) is 0. The summed E-state index contributed by atoms with van der Waals surface area (Å²) in [6, 6.07) is 0. The second-order valence-electron chi connectivity index (χ2n) is 4.90. The van der Waals surface area contributed by atoms with Crippen molar-refractivity contribution in [2.45, 2.75) is 51.6 Å². The molecule has 0 unspecified atom stereocenters. The summed E-state index contributed by atoms with van der Waals surface area (Å²) < 4.78 is 103. The van der Waals surface area contributed by atoms with Crippen LogP contribution in [0.3, 0.4) is 0 Å². The average Bonchev–Trinajstić information content (AvgIpc) is 2.55. The summed E-state index contributed by atoms with van der Waals surface area (Å²) in [7, 11) is -4.58. The molecule has 28 heavy (non-hydrogen) atoms. The Hall–Kier alpha value is -1.73. The number of nitrogens with one attached hydrogen (secondary N) is 2. The lowest BCUT2D eigenvalue weighted by molar-refractivity contribution is -0.279. The van der Waals surface area contributed by atoms with E-state index in [9.17, 15) is 40.5 Å². The van der Waals surface area contributed by atoms with Crippen LogP contribution in [0, 0.1) is 0 Å². The van der Waals surface area contributed by atoms with Gasteiger partial charge < -0.3 is 20.1 Å². The van der Waals surface area contributed by atoms with E-state index >= 15 is 0 Å². The van der Waals surface area contributed by atoms with Gasteiger partial charge in [0.25, 0.3) is 0 Å². The highest BCUT2D eigenvalue weighted by molar-refractivity contribution is 7.33. The second kappa shape index (κ2) is 12.0. The van der Waals surface area contributed by atoms with E-state index in [-0.39, 0.29) is 13.1 Å². The summed E-state index contributed by atoms with van der Waals surface area (Å²) in [6.07, 6.45) is -20.3. The van der Waals surface area contributed by atoms with Gasteiger partial charge in [0.15, 0.2) is 0 Å². The van der Waals surface area contributed by atoms with E-state index in [0.717, 1.165) is 0 Å². The third-order valence-electron chi connectivity index (χ3n) is 2.41. The van der Waals surface area contributed by atoms with E-state index in [2.05, 4.69) is 18.5 Å². The van der Waals surface area contributed by atoms with Crippen LogP contribution in [0.2, 0.25) is 0 Å². The minimum atomic E-state index is -5.43. The minimum absolute atomic E-state index is 0.0635. The second-order valence-corrected chi connectivity index (χ2v) is 5.87. The van der Waals surface area contributed by atoms with Crippen molar-refractivity contribution in [3.63, 3.8) is 0 Å². The number of ether oxygens (including phenoxy) is 2. The third kappa shape index (κ3) is 11.2. The van der Waals surface area contributed by atoms with E-state index in [1.165, 1.54) is 0 Å². The lowest BCUT2D eigenvalue weighted by Crippen LogP contribution is -2.40. The van der Waals surface area contributed by atoms with Crippen molar-refractivity contribution in [3.8, 4) is 0 Å². The Morgan fingerprint density at radius 2 is 1.14 bits per heavy atom. The smallest absolute Gasteiger partial charge is 0.409 e. The van der Waals surface area contributed by atoms with Crippen molar-refractivity contribution in [1.29, 1.82) is 0 Å². The summed E-state index contributed by atoms with van der Waals surface area (Å²) in [6.45, 7) is 3.04. The van der Waals surface area contributed by atoms with Crippen molar-refractivity contribution in [1.82, 2.24) is 10.6 Å². The van der Waals surface area contributed by atoms with Gasteiger partial charge in [0.1, 0.15) is 0 Å². The Labute approximate surface area is 156 Å². The fourth-order valence-corrected chi connectivity index (χ4v) is 2.02. The molecule has 0 saturated heterocycles. The maximum atomic E-state index is 12.8. The van der Waals surface area contributed by atoms with Gasteiger partial charge in [-0.3, -0.25) is 13.6 Å². The zero-order chi connectivity index (χ0) is 22.0. The van der Waals surface area contributed by atoms with E-state index in [4.69, 9.17) is 0 Å². The number of hydrogen-bond acceptors (Lipinski definition) is 7. The molecular formula is C12H19F6N2O7P. The predicted molar refractivity (Wildman–Crippen MR) is 80.4 cm³/mol. The minimum Gasteiger partial charge on any atom is -0.409 e. The molecule has 0 saturated carbocycles. The van der Waals surface area contributed by atoms with Crippen LogP contribution in [-0.2, 0) is 23.1 Å². The average molecular weight is 448 g/mol. The summed E-state index contributed by atoms with van der Waals surface area (Å²) in [5.41, 5.74) is 0. The number of alkyl halides is 6. The molecule has 2 amide bonds. The Kier molecular flexibility index (Phi) is 11.2. The van der Waals surface area contributed by atoms with Gasteiger partial charge in [-0.25, -0.2) is 9.59 Å². The molecule has 0 heterocycles. The quantitative estimate of drug-likeness (QED) is 0.299. The number of halogens is 6. The Morgan fingerprint density at radius 3 is 1.39 bits per heavy atom. The summed E-state index contributed by atoms with van der Waals surface area (Å²) >= 11 is 0. The largest absolute Gasteiger partial charge is 0.452 e. The van der Waals surface area contributed by atoms with Crippen molar-refractivity contribution in [2.24, 2.45) is 0 Å². The first-order valence-electron chi connectivity index (χ1n) is 7.70. The van der Waals surface area contributed by atoms with Crippen LogP contribution in [-0.4, -0.2) is 50.2 Å². The number of carbonyl (C=O) groups is 2. The highest BCUT2D eigenvalue weighted by Gasteiger charge is 2.49. The molecule has 2 N–H and O–H groups in total. The molecule has 16 heteroatoms. The van der Waals surface area contributed by atoms with Crippen LogP contribution in [0.5, 0.6) is 0 Å². The Bertz CT molecular complexity index is 488. The number of carbonyl (C=O) groups excluding carboxylic acids is 2. The molecule has 2 atom stereocenters. The van der Waals surface area contributed by atoms with Gasteiger partial charge in [0.05, 0.1) is 0 Å². The zero-order valence-electron chi connectivity index (χ0n) is 14.6. The summed E-state index contributed by atoms with van der Waals surface area (Å²) in [5, 5.41) is 3.78. The molecule has 0 aliphatic heterocycles. The van der Waals surface area contributed by atoms with Gasteiger partial charge in [-0.05, 0) is 12.8 Å². The van der Waals surface area contributed by atoms with E-state index < -0.39 is 45.4 Å². The van der Waals surface area contributed by atoms with Crippen molar-refractivity contribution in [3.05, 3.63) is 0 Å². The number of amides is 2. The molecule has 0 aromatic heterocycles. The fourth-order valence-electron chi connectivity index (χ4n) is 1.25. The molecular weight excluding hydrogens is 429 g/mol. The first-order chi connectivity index (χ1) is 12.8. The molecule has 0 bridgehead atoms. The fraction of sp³-hybridized carbons (Fsp3) is 0.833. The van der Waals surface area contributed by atoms with E-state index in [1.807, 2.05) is 10.6 Å². The molecule has 0 aromatic carbocycles. The van der Waals surface area contributed by atoms with Gasteiger partial charge in [-0.15, -0.1) is 0 Å². The maximum Gasteiger partial charge on any atom is 0.452 e. The lowest BCUT2D eigenvalue weighted by atomic mass is 10.5. The van der Waals surface area contributed by atoms with Crippen LogP contribution in [0.15, 0.2) is 0 Å². The maximum absolute atomic E-state index is 12.8. The molecule has 0 spiro atoms. The van der Waals surface area contributed by atoms with Crippen molar-refractivity contribution >= 4 is 20.4 Å². The van der Waals surface area contributed by atoms with Crippen molar-refractivity contribution < 1.29 is 59.0 Å². The summed E-state index contributed by atoms with van der Waals surface area (Å²) in [4.78, 5) is 22.3. The molecule has 0 aromatic rings. The SMILES string of the molecule is CCCNC(=O)O[C@H](O[PH](=O)O[C@@H](OC(=O)NCCC)C(F)(F)F)C(F)(F)F. The Balaban J connectivity index is 5.01. The molecule has 0 aliphatic carbocycles. The van der Waals surface area contributed by atoms with Crippen LogP contribution in [0.4, 0.5) is 35.9 Å². The van der Waals surface area contributed by atoms with Crippen LogP contribution < -0.4 is 10.6 Å². The Morgan fingerprint density at radius 1 is 0.821 bits per heavy atom. The van der Waals surface area contributed by atoms with Gasteiger partial charge in [0, 0.05) is 13.1 Å². The predicted octanol–water partition coefficient (Wildman–Crippen LogP) is 3.46.